The summed E-state index contributed by atoms with van der Waals surface area (Å²) in [5.41, 5.74) is 2.07. The molecule has 1 saturated carbocycles. The summed E-state index contributed by atoms with van der Waals surface area (Å²) < 4.78 is 5.95. The number of hydrogen-bond acceptors (Lipinski definition) is 4. The van der Waals surface area contributed by atoms with E-state index in [4.69, 9.17) is 4.74 Å². The second-order valence-corrected chi connectivity index (χ2v) is 9.50. The SMILES string of the molecule is CC(=O)c1cccc(CN(CC2CCN(C3CCCC3)CC2)CC2CCCO2)c1. The van der Waals surface area contributed by atoms with Crippen molar-refractivity contribution >= 4 is 5.78 Å². The highest BCUT2D eigenvalue weighted by molar-refractivity contribution is 5.94. The predicted molar refractivity (Wildman–Crippen MR) is 117 cm³/mol. The van der Waals surface area contributed by atoms with Crippen LogP contribution in [0.5, 0.6) is 0 Å². The van der Waals surface area contributed by atoms with Crippen LogP contribution in [0.25, 0.3) is 0 Å². The molecule has 0 aromatic heterocycles. The van der Waals surface area contributed by atoms with Crippen molar-refractivity contribution in [1.29, 1.82) is 0 Å². The lowest BCUT2D eigenvalue weighted by molar-refractivity contribution is 0.0540. The van der Waals surface area contributed by atoms with E-state index < -0.39 is 0 Å². The molecule has 0 bridgehead atoms. The van der Waals surface area contributed by atoms with Crippen LogP contribution in [0.2, 0.25) is 0 Å². The molecule has 160 valence electrons. The number of nitrogens with zero attached hydrogens (tertiary/aromatic N) is 2. The Morgan fingerprint density at radius 2 is 1.86 bits per heavy atom. The Balaban J connectivity index is 1.35. The lowest BCUT2D eigenvalue weighted by Gasteiger charge is -2.38. The molecule has 1 aliphatic carbocycles. The van der Waals surface area contributed by atoms with E-state index in [1.807, 2.05) is 12.1 Å². The summed E-state index contributed by atoms with van der Waals surface area (Å²) in [4.78, 5) is 17.2. The first-order chi connectivity index (χ1) is 14.2. The van der Waals surface area contributed by atoms with Gasteiger partial charge in [0.15, 0.2) is 5.78 Å². The van der Waals surface area contributed by atoms with Gasteiger partial charge in [0.2, 0.25) is 0 Å². The van der Waals surface area contributed by atoms with Gasteiger partial charge in [-0.15, -0.1) is 0 Å². The molecule has 4 rings (SSSR count). The first-order valence-corrected chi connectivity index (χ1v) is 11.9. The number of likely N-dealkylation sites (tertiary alicyclic amines) is 1. The summed E-state index contributed by atoms with van der Waals surface area (Å²) in [7, 11) is 0. The molecule has 1 unspecified atom stereocenters. The van der Waals surface area contributed by atoms with Gasteiger partial charge in [0.05, 0.1) is 6.10 Å². The van der Waals surface area contributed by atoms with Crippen molar-refractivity contribution in [1.82, 2.24) is 9.80 Å². The molecule has 4 nitrogen and oxygen atoms in total. The third-order valence-corrected chi connectivity index (χ3v) is 7.23. The summed E-state index contributed by atoms with van der Waals surface area (Å²) in [6.45, 7) is 8.23. The number of rotatable bonds is 8. The maximum Gasteiger partial charge on any atom is 0.159 e. The third-order valence-electron chi connectivity index (χ3n) is 7.23. The molecular weight excluding hydrogens is 360 g/mol. The number of ether oxygens (including phenoxy) is 1. The molecule has 2 heterocycles. The second-order valence-electron chi connectivity index (χ2n) is 9.50. The average Bonchev–Trinajstić information content (AvgIpc) is 3.43. The Morgan fingerprint density at radius 1 is 1.07 bits per heavy atom. The lowest BCUT2D eigenvalue weighted by atomic mass is 9.94. The number of piperidine rings is 1. The molecule has 1 aromatic rings. The number of hydrogen-bond donors (Lipinski definition) is 0. The van der Waals surface area contributed by atoms with Gasteiger partial charge in [-0.05, 0) is 76.1 Å². The standard InChI is InChI=1S/C25H38N2O2/c1-20(28)23-7-4-6-22(16-23)18-26(19-25-10-5-15-29-25)17-21-11-13-27(14-12-21)24-8-2-3-9-24/h4,6-7,16,21,24-25H,2-3,5,8-15,17-19H2,1H3. The lowest BCUT2D eigenvalue weighted by Crippen LogP contribution is -2.43. The molecule has 1 aromatic carbocycles. The van der Waals surface area contributed by atoms with Crippen molar-refractivity contribution in [2.24, 2.45) is 5.92 Å². The van der Waals surface area contributed by atoms with Gasteiger partial charge >= 0.3 is 0 Å². The highest BCUT2D eigenvalue weighted by atomic mass is 16.5. The van der Waals surface area contributed by atoms with Crippen molar-refractivity contribution in [2.45, 2.75) is 77.0 Å². The number of Topliss-reactive ketones (excluding diaryl/α,β-unsaturated/α-hetero) is 1. The molecule has 2 saturated heterocycles. The van der Waals surface area contributed by atoms with Crippen molar-refractivity contribution in [3.63, 3.8) is 0 Å². The second kappa shape index (κ2) is 10.2. The molecule has 4 heteroatoms. The summed E-state index contributed by atoms with van der Waals surface area (Å²) in [6, 6.07) is 9.06. The summed E-state index contributed by atoms with van der Waals surface area (Å²) in [6.07, 6.45) is 11.1. The van der Waals surface area contributed by atoms with Gasteiger partial charge in [-0.3, -0.25) is 9.69 Å². The van der Waals surface area contributed by atoms with Crippen LogP contribution in [0.1, 0.15) is 74.2 Å². The molecule has 3 aliphatic rings. The third kappa shape index (κ3) is 5.90. The maximum atomic E-state index is 11.8. The highest BCUT2D eigenvalue weighted by Crippen LogP contribution is 2.28. The van der Waals surface area contributed by atoms with Crippen LogP contribution >= 0.6 is 0 Å². The fourth-order valence-corrected chi connectivity index (χ4v) is 5.56. The monoisotopic (exact) mass is 398 g/mol. The Kier molecular flexibility index (Phi) is 7.39. The van der Waals surface area contributed by atoms with Gasteiger partial charge in [0.1, 0.15) is 0 Å². The van der Waals surface area contributed by atoms with Crippen LogP contribution in [0, 0.1) is 5.92 Å². The fourth-order valence-electron chi connectivity index (χ4n) is 5.56. The largest absolute Gasteiger partial charge is 0.377 e. The Labute approximate surface area is 176 Å². The van der Waals surface area contributed by atoms with E-state index in [0.717, 1.165) is 43.8 Å². The maximum absolute atomic E-state index is 11.8. The molecule has 2 aliphatic heterocycles. The Hall–Kier alpha value is -1.23. The van der Waals surface area contributed by atoms with E-state index in [0.29, 0.717) is 6.10 Å². The molecule has 29 heavy (non-hydrogen) atoms. The molecule has 3 fully saturated rings. The van der Waals surface area contributed by atoms with E-state index >= 15 is 0 Å². The molecule has 0 N–H and O–H groups in total. The highest BCUT2D eigenvalue weighted by Gasteiger charge is 2.29. The first-order valence-electron chi connectivity index (χ1n) is 11.9. The van der Waals surface area contributed by atoms with Crippen LogP contribution in [-0.4, -0.2) is 60.5 Å². The summed E-state index contributed by atoms with van der Waals surface area (Å²) in [5, 5.41) is 0. The van der Waals surface area contributed by atoms with Crippen LogP contribution in [0.3, 0.4) is 0 Å². The Morgan fingerprint density at radius 3 is 2.55 bits per heavy atom. The van der Waals surface area contributed by atoms with Crippen LogP contribution < -0.4 is 0 Å². The minimum absolute atomic E-state index is 0.150. The minimum atomic E-state index is 0.150. The smallest absolute Gasteiger partial charge is 0.159 e. The quantitative estimate of drug-likeness (QED) is 0.603. The van der Waals surface area contributed by atoms with Crippen LogP contribution in [-0.2, 0) is 11.3 Å². The minimum Gasteiger partial charge on any atom is -0.377 e. The van der Waals surface area contributed by atoms with Crippen molar-refractivity contribution < 1.29 is 9.53 Å². The summed E-state index contributed by atoms with van der Waals surface area (Å²) in [5.74, 6) is 0.932. The van der Waals surface area contributed by atoms with Gasteiger partial charge in [-0.2, -0.15) is 0 Å². The average molecular weight is 399 g/mol. The van der Waals surface area contributed by atoms with Gasteiger partial charge in [-0.1, -0.05) is 31.0 Å². The fraction of sp³-hybridized carbons (Fsp3) is 0.720. The zero-order chi connectivity index (χ0) is 20.1. The van der Waals surface area contributed by atoms with Gasteiger partial charge in [-0.25, -0.2) is 0 Å². The van der Waals surface area contributed by atoms with Gasteiger partial charge in [0.25, 0.3) is 0 Å². The first kappa shape index (κ1) is 21.0. The zero-order valence-electron chi connectivity index (χ0n) is 18.2. The van der Waals surface area contributed by atoms with Crippen molar-refractivity contribution in [3.8, 4) is 0 Å². The van der Waals surface area contributed by atoms with Crippen molar-refractivity contribution in [3.05, 3.63) is 35.4 Å². The van der Waals surface area contributed by atoms with E-state index in [1.165, 1.54) is 70.0 Å². The summed E-state index contributed by atoms with van der Waals surface area (Å²) >= 11 is 0. The van der Waals surface area contributed by atoms with Gasteiger partial charge < -0.3 is 9.64 Å². The predicted octanol–water partition coefficient (Wildman–Crippen LogP) is 4.52. The van der Waals surface area contributed by atoms with E-state index in [-0.39, 0.29) is 5.78 Å². The van der Waals surface area contributed by atoms with Crippen LogP contribution in [0.4, 0.5) is 0 Å². The van der Waals surface area contributed by atoms with E-state index in [1.54, 1.807) is 6.92 Å². The molecular formula is C25H38N2O2. The van der Waals surface area contributed by atoms with Crippen molar-refractivity contribution in [2.75, 3.05) is 32.8 Å². The molecule has 0 spiro atoms. The Bertz CT molecular complexity index is 657. The zero-order valence-corrected chi connectivity index (χ0v) is 18.2. The number of ketones is 1. The van der Waals surface area contributed by atoms with Gasteiger partial charge in [0, 0.05) is 37.8 Å². The molecule has 1 atom stereocenters. The molecule has 0 amide bonds. The normalized spacial score (nSPS) is 24.6. The van der Waals surface area contributed by atoms with Crippen LogP contribution in [0.15, 0.2) is 24.3 Å². The number of benzene rings is 1. The number of carbonyl (C=O) groups excluding carboxylic acids is 1. The molecule has 0 radical (unpaired) electrons. The van der Waals surface area contributed by atoms with E-state index in [9.17, 15) is 4.79 Å². The topological polar surface area (TPSA) is 32.8 Å². The number of carbonyl (C=O) groups is 1. The van der Waals surface area contributed by atoms with E-state index in [2.05, 4.69) is 21.9 Å².